The Hall–Kier alpha value is -2.90. The number of amides is 1. The van der Waals surface area contributed by atoms with Crippen molar-refractivity contribution < 1.29 is 19.0 Å². The Morgan fingerprint density at radius 1 is 1.06 bits per heavy atom. The summed E-state index contributed by atoms with van der Waals surface area (Å²) in [4.78, 5) is 27.0. The molecule has 2 aromatic rings. The average molecular weight is 427 g/mol. The van der Waals surface area contributed by atoms with E-state index in [0.717, 1.165) is 37.2 Å². The van der Waals surface area contributed by atoms with Gasteiger partial charge in [-0.25, -0.2) is 14.8 Å². The molecule has 31 heavy (non-hydrogen) atoms. The summed E-state index contributed by atoms with van der Waals surface area (Å²) in [5.74, 6) is 2.52. The summed E-state index contributed by atoms with van der Waals surface area (Å²) in [6.07, 6.45) is 4.82. The van der Waals surface area contributed by atoms with Crippen LogP contribution in [0.3, 0.4) is 0 Å². The van der Waals surface area contributed by atoms with Crippen LogP contribution in [-0.2, 0) is 4.74 Å². The van der Waals surface area contributed by atoms with E-state index in [-0.39, 0.29) is 12.2 Å². The number of hydrogen-bond acceptors (Lipinski definition) is 7. The van der Waals surface area contributed by atoms with Gasteiger partial charge in [0.25, 0.3) is 0 Å². The molecule has 1 saturated heterocycles. The first kappa shape index (κ1) is 21.3. The van der Waals surface area contributed by atoms with Gasteiger partial charge in [0.2, 0.25) is 11.8 Å². The minimum absolute atomic E-state index is 0.0670. The molecule has 8 heteroatoms. The lowest BCUT2D eigenvalue weighted by Crippen LogP contribution is -2.36. The Labute approximate surface area is 183 Å². The fourth-order valence-electron chi connectivity index (χ4n) is 4.30. The second kappa shape index (κ2) is 8.32. The highest BCUT2D eigenvalue weighted by Gasteiger charge is 2.44. The SMILES string of the molecule is Cc1ncccc1Oc1ncnc(OC2C[C@@H]3CN(C(=O)OC(C)(C)C)C[C@@H]3C2)c1C. The molecule has 8 nitrogen and oxygen atoms in total. The van der Waals surface area contributed by atoms with E-state index in [1.165, 1.54) is 6.33 Å². The number of carbonyl (C=O) groups is 1. The molecule has 3 heterocycles. The molecule has 3 atom stereocenters. The van der Waals surface area contributed by atoms with Crippen molar-refractivity contribution in [3.63, 3.8) is 0 Å². The van der Waals surface area contributed by atoms with E-state index in [0.29, 0.717) is 29.3 Å². The molecule has 1 aliphatic heterocycles. The van der Waals surface area contributed by atoms with Crippen LogP contribution in [0.1, 0.15) is 44.9 Å². The molecule has 2 fully saturated rings. The maximum atomic E-state index is 12.4. The molecule has 2 aromatic heterocycles. The standard InChI is InChI=1S/C23H30N4O4/c1-14-20(25-13-26-21(14)30-19-7-6-8-24-15(19)2)29-18-9-16-11-27(12-17(16)10-18)22(28)31-23(3,4)5/h6-8,13,16-18H,9-12H2,1-5H3/t16-,17+,18?. The van der Waals surface area contributed by atoms with Crippen LogP contribution < -0.4 is 9.47 Å². The van der Waals surface area contributed by atoms with E-state index in [1.807, 2.05) is 51.7 Å². The predicted molar refractivity (Wildman–Crippen MR) is 114 cm³/mol. The lowest BCUT2D eigenvalue weighted by atomic mass is 10.0. The van der Waals surface area contributed by atoms with E-state index in [9.17, 15) is 4.79 Å². The van der Waals surface area contributed by atoms with Crippen molar-refractivity contribution in [3.05, 3.63) is 35.9 Å². The second-order valence-electron chi connectivity index (χ2n) is 9.41. The minimum atomic E-state index is -0.473. The van der Waals surface area contributed by atoms with Gasteiger partial charge in [0.05, 0.1) is 11.3 Å². The van der Waals surface area contributed by atoms with Crippen LogP contribution in [0.5, 0.6) is 17.5 Å². The Balaban J connectivity index is 1.37. The largest absolute Gasteiger partial charge is 0.474 e. The summed E-state index contributed by atoms with van der Waals surface area (Å²) in [7, 11) is 0. The maximum absolute atomic E-state index is 12.4. The molecule has 0 N–H and O–H groups in total. The number of hydrogen-bond donors (Lipinski definition) is 0. The van der Waals surface area contributed by atoms with Crippen LogP contribution in [0.4, 0.5) is 4.79 Å². The third-order valence-corrected chi connectivity index (χ3v) is 5.79. The summed E-state index contributed by atoms with van der Waals surface area (Å²) >= 11 is 0. The molecule has 1 amide bonds. The minimum Gasteiger partial charge on any atom is -0.474 e. The van der Waals surface area contributed by atoms with Crippen LogP contribution in [0.2, 0.25) is 0 Å². The molecule has 166 valence electrons. The first-order chi connectivity index (χ1) is 14.7. The summed E-state index contributed by atoms with van der Waals surface area (Å²) in [5, 5.41) is 0. The highest BCUT2D eigenvalue weighted by molar-refractivity contribution is 5.68. The molecule has 0 radical (unpaired) electrons. The van der Waals surface area contributed by atoms with Crippen molar-refractivity contribution in [1.29, 1.82) is 0 Å². The van der Waals surface area contributed by atoms with E-state index in [1.54, 1.807) is 6.20 Å². The molecule has 0 spiro atoms. The van der Waals surface area contributed by atoms with Gasteiger partial charge >= 0.3 is 6.09 Å². The molecule has 1 aliphatic carbocycles. The molecule has 2 aliphatic rings. The quantitative estimate of drug-likeness (QED) is 0.720. The Morgan fingerprint density at radius 2 is 1.74 bits per heavy atom. The van der Waals surface area contributed by atoms with Gasteiger partial charge < -0.3 is 19.1 Å². The number of aromatic nitrogens is 3. The lowest BCUT2D eigenvalue weighted by molar-refractivity contribution is 0.0271. The van der Waals surface area contributed by atoms with Crippen molar-refractivity contribution in [2.75, 3.05) is 13.1 Å². The fourth-order valence-corrected chi connectivity index (χ4v) is 4.30. The van der Waals surface area contributed by atoms with Crippen molar-refractivity contribution in [2.45, 2.75) is 59.2 Å². The number of fused-ring (bicyclic) bond motifs is 1. The number of ether oxygens (including phenoxy) is 3. The van der Waals surface area contributed by atoms with Gasteiger partial charge in [-0.05, 0) is 71.4 Å². The number of aryl methyl sites for hydroxylation is 1. The van der Waals surface area contributed by atoms with Crippen LogP contribution >= 0.6 is 0 Å². The van der Waals surface area contributed by atoms with E-state index in [2.05, 4.69) is 15.0 Å². The monoisotopic (exact) mass is 426 g/mol. The first-order valence-electron chi connectivity index (χ1n) is 10.8. The summed E-state index contributed by atoms with van der Waals surface area (Å²) < 4.78 is 17.7. The number of carbonyl (C=O) groups excluding carboxylic acids is 1. The number of nitrogens with zero attached hydrogens (tertiary/aromatic N) is 4. The topological polar surface area (TPSA) is 86.7 Å². The number of likely N-dealkylation sites (tertiary alicyclic amines) is 1. The van der Waals surface area contributed by atoms with E-state index in [4.69, 9.17) is 14.2 Å². The first-order valence-corrected chi connectivity index (χ1v) is 10.8. The Bertz CT molecular complexity index is 945. The molecular formula is C23H30N4O4. The Kier molecular flexibility index (Phi) is 5.73. The third kappa shape index (κ3) is 4.89. The van der Waals surface area contributed by atoms with E-state index < -0.39 is 5.60 Å². The number of pyridine rings is 1. The summed E-state index contributed by atoms with van der Waals surface area (Å²) in [6, 6.07) is 3.69. The number of rotatable bonds is 4. The lowest BCUT2D eigenvalue weighted by Gasteiger charge is -2.25. The molecular weight excluding hydrogens is 396 g/mol. The van der Waals surface area contributed by atoms with Gasteiger partial charge in [0.1, 0.15) is 18.0 Å². The van der Waals surface area contributed by atoms with Crippen molar-refractivity contribution in [2.24, 2.45) is 11.8 Å². The molecule has 0 aromatic carbocycles. The zero-order valence-corrected chi connectivity index (χ0v) is 18.8. The summed E-state index contributed by atoms with van der Waals surface area (Å²) in [6.45, 7) is 10.9. The zero-order chi connectivity index (χ0) is 22.2. The van der Waals surface area contributed by atoms with Gasteiger partial charge in [0, 0.05) is 19.3 Å². The maximum Gasteiger partial charge on any atom is 0.410 e. The summed E-state index contributed by atoms with van der Waals surface area (Å²) in [5.41, 5.74) is 1.08. The van der Waals surface area contributed by atoms with Gasteiger partial charge in [0.15, 0.2) is 5.75 Å². The van der Waals surface area contributed by atoms with E-state index >= 15 is 0 Å². The van der Waals surface area contributed by atoms with Crippen LogP contribution in [0.25, 0.3) is 0 Å². The second-order valence-corrected chi connectivity index (χ2v) is 9.41. The zero-order valence-electron chi connectivity index (χ0n) is 18.8. The molecule has 1 unspecified atom stereocenters. The average Bonchev–Trinajstić information content (AvgIpc) is 3.24. The van der Waals surface area contributed by atoms with Gasteiger partial charge in [-0.2, -0.15) is 0 Å². The van der Waals surface area contributed by atoms with Crippen molar-refractivity contribution in [3.8, 4) is 17.5 Å². The molecule has 4 rings (SSSR count). The van der Waals surface area contributed by atoms with Gasteiger partial charge in [-0.3, -0.25) is 4.98 Å². The predicted octanol–water partition coefficient (Wildman–Crippen LogP) is 4.31. The highest BCUT2D eigenvalue weighted by atomic mass is 16.6. The van der Waals surface area contributed by atoms with Crippen molar-refractivity contribution >= 4 is 6.09 Å². The Morgan fingerprint density at radius 3 is 2.39 bits per heavy atom. The van der Waals surface area contributed by atoms with Gasteiger partial charge in [-0.15, -0.1) is 0 Å². The third-order valence-electron chi connectivity index (χ3n) is 5.79. The normalized spacial score (nSPS) is 22.9. The fraction of sp³-hybridized carbons (Fsp3) is 0.565. The highest BCUT2D eigenvalue weighted by Crippen LogP contribution is 2.41. The van der Waals surface area contributed by atoms with Crippen molar-refractivity contribution in [1.82, 2.24) is 19.9 Å². The molecule has 1 saturated carbocycles. The van der Waals surface area contributed by atoms with Crippen LogP contribution in [-0.4, -0.2) is 50.7 Å². The van der Waals surface area contributed by atoms with Gasteiger partial charge in [-0.1, -0.05) is 0 Å². The molecule has 0 bridgehead atoms. The van der Waals surface area contributed by atoms with Crippen LogP contribution in [0, 0.1) is 25.7 Å². The van der Waals surface area contributed by atoms with Crippen LogP contribution in [0.15, 0.2) is 24.7 Å². The smallest absolute Gasteiger partial charge is 0.410 e.